The number of carboxylic acid groups (broad SMARTS) is 1. The van der Waals surface area contributed by atoms with Crippen molar-refractivity contribution in [2.75, 3.05) is 5.32 Å². The summed E-state index contributed by atoms with van der Waals surface area (Å²) in [6, 6.07) is 18.8. The maximum atomic E-state index is 10.7. The Morgan fingerprint density at radius 2 is 1.77 bits per heavy atom. The van der Waals surface area contributed by atoms with Crippen molar-refractivity contribution in [3.63, 3.8) is 0 Å². The van der Waals surface area contributed by atoms with Crippen molar-refractivity contribution >= 4 is 51.6 Å². The molecule has 0 atom stereocenters. The van der Waals surface area contributed by atoms with E-state index >= 15 is 0 Å². The summed E-state index contributed by atoms with van der Waals surface area (Å²) in [7, 11) is 0. The Hall–Kier alpha value is -3.28. The van der Waals surface area contributed by atoms with Gasteiger partial charge in [0.05, 0.1) is 26.6 Å². The summed E-state index contributed by atoms with van der Waals surface area (Å²) < 4.78 is 0. The zero-order valence-electron chi connectivity index (χ0n) is 16.5. The molecular formula is C24H19Cl2N3O2. The summed E-state index contributed by atoms with van der Waals surface area (Å²) >= 11 is 12.6. The van der Waals surface area contributed by atoms with Gasteiger partial charge in [0.2, 0.25) is 0 Å². The van der Waals surface area contributed by atoms with E-state index in [4.69, 9.17) is 28.3 Å². The van der Waals surface area contributed by atoms with Gasteiger partial charge in [-0.1, -0.05) is 54.0 Å². The van der Waals surface area contributed by atoms with Crippen LogP contribution in [-0.2, 0) is 11.2 Å². The van der Waals surface area contributed by atoms with Crippen molar-refractivity contribution in [2.45, 2.75) is 12.8 Å². The summed E-state index contributed by atoms with van der Waals surface area (Å²) in [6.45, 7) is 4.14. The first kappa shape index (κ1) is 21.0. The van der Waals surface area contributed by atoms with Gasteiger partial charge in [0.15, 0.2) is 0 Å². The molecule has 5 nitrogen and oxygen atoms in total. The fourth-order valence-electron chi connectivity index (χ4n) is 3.29. The van der Waals surface area contributed by atoms with Crippen LogP contribution in [-0.4, -0.2) is 21.0 Å². The van der Waals surface area contributed by atoms with Gasteiger partial charge >= 0.3 is 5.97 Å². The van der Waals surface area contributed by atoms with Gasteiger partial charge in [-0.3, -0.25) is 4.79 Å². The number of benzene rings is 3. The number of aromatic nitrogens is 2. The van der Waals surface area contributed by atoms with Crippen LogP contribution < -0.4 is 5.32 Å². The van der Waals surface area contributed by atoms with E-state index < -0.39 is 5.97 Å². The van der Waals surface area contributed by atoms with Crippen LogP contribution in [0.2, 0.25) is 10.0 Å². The molecule has 7 heteroatoms. The van der Waals surface area contributed by atoms with E-state index in [1.165, 1.54) is 0 Å². The highest BCUT2D eigenvalue weighted by Gasteiger charge is 2.13. The zero-order valence-corrected chi connectivity index (χ0v) is 18.0. The number of carboxylic acids is 1. The van der Waals surface area contributed by atoms with E-state index in [-0.39, 0.29) is 6.42 Å². The fourth-order valence-corrected chi connectivity index (χ4v) is 3.87. The highest BCUT2D eigenvalue weighted by molar-refractivity contribution is 6.39. The minimum absolute atomic E-state index is 0.116. The van der Waals surface area contributed by atoms with Crippen LogP contribution in [0, 0.1) is 0 Å². The Balaban J connectivity index is 1.53. The van der Waals surface area contributed by atoms with Gasteiger partial charge in [-0.25, -0.2) is 4.98 Å². The van der Waals surface area contributed by atoms with Gasteiger partial charge in [-0.2, -0.15) is 0 Å². The third-order valence-corrected chi connectivity index (χ3v) is 5.54. The Kier molecular flexibility index (Phi) is 5.98. The number of aliphatic carboxylic acids is 1. The van der Waals surface area contributed by atoms with Gasteiger partial charge in [-0.15, -0.1) is 0 Å². The molecular weight excluding hydrogens is 433 g/mol. The lowest BCUT2D eigenvalue weighted by atomic mass is 10.1. The molecule has 3 N–H and O–H groups in total. The van der Waals surface area contributed by atoms with Crippen molar-refractivity contribution in [1.29, 1.82) is 0 Å². The van der Waals surface area contributed by atoms with Gasteiger partial charge in [-0.05, 0) is 53.9 Å². The number of aromatic amines is 1. The molecule has 0 bridgehead atoms. The first-order chi connectivity index (χ1) is 14.9. The van der Waals surface area contributed by atoms with E-state index in [0.717, 1.165) is 33.5 Å². The van der Waals surface area contributed by atoms with Crippen LogP contribution in [0.3, 0.4) is 0 Å². The van der Waals surface area contributed by atoms with Crippen molar-refractivity contribution in [2.24, 2.45) is 0 Å². The largest absolute Gasteiger partial charge is 0.481 e. The van der Waals surface area contributed by atoms with E-state index in [0.29, 0.717) is 27.9 Å². The number of aryl methyl sites for hydroxylation is 1. The molecule has 0 fully saturated rings. The van der Waals surface area contributed by atoms with Crippen LogP contribution in [0.15, 0.2) is 67.2 Å². The number of anilines is 1. The number of hydrogen-bond acceptors (Lipinski definition) is 3. The summed E-state index contributed by atoms with van der Waals surface area (Å²) in [4.78, 5) is 18.6. The molecule has 4 rings (SSSR count). The standard InChI is InChI=1S/C24H19Cl2N3O2/c1-14(27-17-9-5-15(6-10-17)7-12-22(30)31)16-8-11-20-21(13-16)29-24(28-20)23-18(25)3-2-4-19(23)26/h2-6,8-11,13,27H,1,7,12H2,(H,28,29)(H,30,31). The number of fused-ring (bicyclic) bond motifs is 1. The molecule has 0 radical (unpaired) electrons. The monoisotopic (exact) mass is 451 g/mol. The molecule has 0 aliphatic heterocycles. The fraction of sp³-hybridized carbons (Fsp3) is 0.0833. The summed E-state index contributed by atoms with van der Waals surface area (Å²) in [5.41, 5.74) is 5.79. The maximum absolute atomic E-state index is 10.7. The zero-order chi connectivity index (χ0) is 22.0. The predicted octanol–water partition coefficient (Wildman–Crippen LogP) is 6.64. The van der Waals surface area contributed by atoms with E-state index in [2.05, 4.69) is 21.9 Å². The van der Waals surface area contributed by atoms with Gasteiger partial charge in [0.25, 0.3) is 0 Å². The van der Waals surface area contributed by atoms with Crippen LogP contribution in [0.5, 0.6) is 0 Å². The lowest BCUT2D eigenvalue weighted by Gasteiger charge is -2.10. The number of carbonyl (C=O) groups is 1. The molecule has 0 saturated carbocycles. The number of imidazole rings is 1. The van der Waals surface area contributed by atoms with Gasteiger partial charge in [0, 0.05) is 17.8 Å². The number of hydrogen-bond donors (Lipinski definition) is 3. The maximum Gasteiger partial charge on any atom is 0.303 e. The van der Waals surface area contributed by atoms with Crippen LogP contribution in [0.4, 0.5) is 5.69 Å². The highest BCUT2D eigenvalue weighted by atomic mass is 35.5. The molecule has 4 aromatic rings. The van der Waals surface area contributed by atoms with Crippen molar-refractivity contribution in [3.8, 4) is 11.4 Å². The number of rotatable bonds is 7. The van der Waals surface area contributed by atoms with Crippen LogP contribution >= 0.6 is 23.2 Å². The second kappa shape index (κ2) is 8.84. The molecule has 31 heavy (non-hydrogen) atoms. The lowest BCUT2D eigenvalue weighted by Crippen LogP contribution is -1.99. The molecule has 0 spiro atoms. The average Bonchev–Trinajstić information content (AvgIpc) is 3.15. The van der Waals surface area contributed by atoms with Crippen molar-refractivity contribution in [3.05, 3.63) is 88.4 Å². The average molecular weight is 452 g/mol. The highest BCUT2D eigenvalue weighted by Crippen LogP contribution is 2.34. The second-order valence-corrected chi connectivity index (χ2v) is 7.92. The molecule has 0 saturated heterocycles. The first-order valence-corrected chi connectivity index (χ1v) is 10.4. The Morgan fingerprint density at radius 3 is 2.45 bits per heavy atom. The topological polar surface area (TPSA) is 78.0 Å². The van der Waals surface area contributed by atoms with Gasteiger partial charge in [0.1, 0.15) is 5.82 Å². The number of nitrogens with one attached hydrogen (secondary N) is 2. The number of halogens is 2. The summed E-state index contributed by atoms with van der Waals surface area (Å²) in [5, 5.41) is 13.1. The molecule has 0 aliphatic rings. The minimum atomic E-state index is -0.801. The van der Waals surface area contributed by atoms with Gasteiger partial charge < -0.3 is 15.4 Å². The number of H-pyrrole nitrogens is 1. The summed E-state index contributed by atoms with van der Waals surface area (Å²) in [6.07, 6.45) is 0.621. The first-order valence-electron chi connectivity index (χ1n) is 9.62. The molecule has 1 heterocycles. The van der Waals surface area contributed by atoms with Crippen molar-refractivity contribution in [1.82, 2.24) is 9.97 Å². The minimum Gasteiger partial charge on any atom is -0.481 e. The summed E-state index contributed by atoms with van der Waals surface area (Å²) in [5.74, 6) is -0.192. The lowest BCUT2D eigenvalue weighted by molar-refractivity contribution is -0.136. The third-order valence-electron chi connectivity index (χ3n) is 4.91. The smallest absolute Gasteiger partial charge is 0.303 e. The quantitative estimate of drug-likeness (QED) is 0.294. The molecule has 156 valence electrons. The SMILES string of the molecule is C=C(Nc1ccc(CCC(=O)O)cc1)c1ccc2nc(-c3c(Cl)cccc3Cl)[nH]c2c1. The predicted molar refractivity (Wildman–Crippen MR) is 127 cm³/mol. The third kappa shape index (κ3) is 4.74. The van der Waals surface area contributed by atoms with Crippen LogP contribution in [0.25, 0.3) is 28.1 Å². The molecule has 0 amide bonds. The van der Waals surface area contributed by atoms with E-state index in [9.17, 15) is 4.79 Å². The van der Waals surface area contributed by atoms with E-state index in [1.807, 2.05) is 42.5 Å². The Morgan fingerprint density at radius 1 is 1.06 bits per heavy atom. The normalized spacial score (nSPS) is 10.9. The molecule has 0 aliphatic carbocycles. The van der Waals surface area contributed by atoms with E-state index in [1.54, 1.807) is 18.2 Å². The van der Waals surface area contributed by atoms with Crippen molar-refractivity contribution < 1.29 is 9.90 Å². The van der Waals surface area contributed by atoms with Crippen LogP contribution in [0.1, 0.15) is 17.5 Å². The molecule has 1 aromatic heterocycles. The Bertz CT molecular complexity index is 1260. The second-order valence-electron chi connectivity index (χ2n) is 7.11. The number of nitrogens with zero attached hydrogens (tertiary/aromatic N) is 1. The molecule has 0 unspecified atom stereocenters. The molecule has 3 aromatic carbocycles. The Labute approximate surface area is 189 Å².